The molecule has 2 heterocycles. The lowest BCUT2D eigenvalue weighted by Gasteiger charge is -2.26. The van der Waals surface area contributed by atoms with Gasteiger partial charge in [-0.25, -0.2) is 0 Å². The van der Waals surface area contributed by atoms with Crippen molar-refractivity contribution in [3.63, 3.8) is 0 Å². The van der Waals surface area contributed by atoms with Crippen molar-refractivity contribution in [1.82, 2.24) is 15.2 Å². The summed E-state index contributed by atoms with van der Waals surface area (Å²) in [5, 5.41) is 11.5. The Balaban J connectivity index is 1.67. The molecular formula is C17H23N5O. The smallest absolute Gasteiger partial charge is 0.247 e. The predicted octanol–water partition coefficient (Wildman–Crippen LogP) is 3.39. The van der Waals surface area contributed by atoms with Gasteiger partial charge in [-0.05, 0) is 57.4 Å². The van der Waals surface area contributed by atoms with E-state index in [9.17, 15) is 0 Å². The number of hydrogen-bond acceptors (Lipinski definition) is 6. The number of anilines is 3. The number of hydrogen-bond donors (Lipinski definition) is 1. The van der Waals surface area contributed by atoms with Gasteiger partial charge in [0.1, 0.15) is 5.75 Å². The van der Waals surface area contributed by atoms with E-state index in [1.807, 2.05) is 38.1 Å². The second-order valence-electron chi connectivity index (χ2n) is 6.01. The largest absolute Gasteiger partial charge is 0.491 e. The maximum Gasteiger partial charge on any atom is 0.247 e. The lowest BCUT2D eigenvalue weighted by Crippen LogP contribution is -2.31. The SMILES string of the molecule is CC(C)Oc1ccc(Nc2cnnc(N3CCCCC3)n2)cc1. The molecule has 0 saturated carbocycles. The number of nitrogens with one attached hydrogen (secondary N) is 1. The molecule has 2 aromatic rings. The average Bonchev–Trinajstić information content (AvgIpc) is 2.57. The van der Waals surface area contributed by atoms with Crippen molar-refractivity contribution in [2.45, 2.75) is 39.2 Å². The number of ether oxygens (including phenoxy) is 1. The molecule has 1 aromatic carbocycles. The summed E-state index contributed by atoms with van der Waals surface area (Å²) in [5.41, 5.74) is 0.950. The van der Waals surface area contributed by atoms with Gasteiger partial charge in [-0.3, -0.25) is 0 Å². The van der Waals surface area contributed by atoms with E-state index in [2.05, 4.69) is 25.4 Å². The Hall–Kier alpha value is -2.37. The molecule has 6 nitrogen and oxygen atoms in total. The standard InChI is InChI=1S/C17H23N5O/c1-13(2)23-15-8-6-14(7-9-15)19-16-12-18-21-17(20-16)22-10-4-3-5-11-22/h6-9,12-13H,3-5,10-11H2,1-2H3,(H,19,20,21). The van der Waals surface area contributed by atoms with Gasteiger partial charge < -0.3 is 15.0 Å². The van der Waals surface area contributed by atoms with E-state index in [1.54, 1.807) is 6.20 Å². The van der Waals surface area contributed by atoms with Crippen LogP contribution in [0.2, 0.25) is 0 Å². The molecule has 0 spiro atoms. The van der Waals surface area contributed by atoms with Crippen LogP contribution in [0.3, 0.4) is 0 Å². The summed E-state index contributed by atoms with van der Waals surface area (Å²) in [4.78, 5) is 6.77. The predicted molar refractivity (Wildman–Crippen MR) is 91.4 cm³/mol. The van der Waals surface area contributed by atoms with Crippen LogP contribution in [-0.4, -0.2) is 34.4 Å². The maximum atomic E-state index is 5.65. The van der Waals surface area contributed by atoms with Crippen LogP contribution in [0.5, 0.6) is 5.75 Å². The van der Waals surface area contributed by atoms with Gasteiger partial charge in [-0.1, -0.05) is 0 Å². The summed E-state index contributed by atoms with van der Waals surface area (Å²) in [7, 11) is 0. The van der Waals surface area contributed by atoms with E-state index in [4.69, 9.17) is 4.74 Å². The van der Waals surface area contributed by atoms with Gasteiger partial charge in [0.25, 0.3) is 0 Å². The molecule has 0 amide bonds. The van der Waals surface area contributed by atoms with Crippen molar-refractivity contribution in [2.24, 2.45) is 0 Å². The minimum atomic E-state index is 0.173. The Morgan fingerprint density at radius 3 is 2.52 bits per heavy atom. The van der Waals surface area contributed by atoms with E-state index < -0.39 is 0 Å². The third kappa shape index (κ3) is 4.31. The molecule has 0 aliphatic carbocycles. The first kappa shape index (κ1) is 15.5. The molecular weight excluding hydrogens is 290 g/mol. The molecule has 1 fully saturated rings. The summed E-state index contributed by atoms with van der Waals surface area (Å²) in [6, 6.07) is 7.84. The molecule has 0 bridgehead atoms. The molecule has 122 valence electrons. The summed E-state index contributed by atoms with van der Waals surface area (Å²) < 4.78 is 5.65. The Morgan fingerprint density at radius 1 is 1.09 bits per heavy atom. The van der Waals surface area contributed by atoms with Crippen LogP contribution in [0, 0.1) is 0 Å². The highest BCUT2D eigenvalue weighted by molar-refractivity contribution is 5.57. The Bertz CT molecular complexity index is 623. The zero-order chi connectivity index (χ0) is 16.1. The summed E-state index contributed by atoms with van der Waals surface area (Å²) >= 11 is 0. The van der Waals surface area contributed by atoms with Crippen molar-refractivity contribution < 1.29 is 4.74 Å². The van der Waals surface area contributed by atoms with Gasteiger partial charge in [0.2, 0.25) is 5.95 Å². The number of benzene rings is 1. The summed E-state index contributed by atoms with van der Waals surface area (Å²) in [5.74, 6) is 2.27. The molecule has 1 N–H and O–H groups in total. The minimum absolute atomic E-state index is 0.173. The molecule has 1 aliphatic rings. The van der Waals surface area contributed by atoms with Gasteiger partial charge in [-0.2, -0.15) is 10.1 Å². The topological polar surface area (TPSA) is 63.2 Å². The molecule has 1 aliphatic heterocycles. The zero-order valence-electron chi connectivity index (χ0n) is 13.7. The quantitative estimate of drug-likeness (QED) is 0.913. The fraction of sp³-hybridized carbons (Fsp3) is 0.471. The first-order valence-corrected chi connectivity index (χ1v) is 8.19. The van der Waals surface area contributed by atoms with E-state index in [1.165, 1.54) is 19.3 Å². The fourth-order valence-corrected chi connectivity index (χ4v) is 2.62. The van der Waals surface area contributed by atoms with Crippen LogP contribution in [0.1, 0.15) is 33.1 Å². The lowest BCUT2D eigenvalue weighted by atomic mass is 10.1. The third-order valence-electron chi connectivity index (χ3n) is 3.69. The van der Waals surface area contributed by atoms with Gasteiger partial charge in [0.15, 0.2) is 5.82 Å². The second kappa shape index (κ2) is 7.26. The number of rotatable bonds is 5. The van der Waals surface area contributed by atoms with Gasteiger partial charge in [0, 0.05) is 18.8 Å². The second-order valence-corrected chi connectivity index (χ2v) is 6.01. The van der Waals surface area contributed by atoms with E-state index >= 15 is 0 Å². The molecule has 23 heavy (non-hydrogen) atoms. The molecule has 0 unspecified atom stereocenters. The summed E-state index contributed by atoms with van der Waals surface area (Å²) in [6.07, 6.45) is 5.49. The highest BCUT2D eigenvalue weighted by Gasteiger charge is 2.14. The molecule has 0 atom stereocenters. The number of piperidine rings is 1. The molecule has 3 rings (SSSR count). The van der Waals surface area contributed by atoms with Crippen molar-refractivity contribution in [1.29, 1.82) is 0 Å². The Kier molecular flexibility index (Phi) is 4.90. The lowest BCUT2D eigenvalue weighted by molar-refractivity contribution is 0.242. The zero-order valence-corrected chi connectivity index (χ0v) is 13.7. The first-order valence-electron chi connectivity index (χ1n) is 8.19. The van der Waals surface area contributed by atoms with E-state index in [0.717, 1.165) is 24.5 Å². The van der Waals surface area contributed by atoms with Gasteiger partial charge in [0.05, 0.1) is 12.3 Å². The van der Waals surface area contributed by atoms with Gasteiger partial charge >= 0.3 is 0 Å². The Morgan fingerprint density at radius 2 is 1.83 bits per heavy atom. The van der Waals surface area contributed by atoms with E-state index in [-0.39, 0.29) is 6.10 Å². The van der Waals surface area contributed by atoms with Crippen LogP contribution >= 0.6 is 0 Å². The summed E-state index contributed by atoms with van der Waals surface area (Å²) in [6.45, 7) is 6.04. The third-order valence-corrected chi connectivity index (χ3v) is 3.69. The van der Waals surface area contributed by atoms with Crippen LogP contribution in [-0.2, 0) is 0 Å². The van der Waals surface area contributed by atoms with E-state index in [0.29, 0.717) is 11.8 Å². The normalized spacial score (nSPS) is 14.8. The van der Waals surface area contributed by atoms with Crippen LogP contribution < -0.4 is 15.0 Å². The van der Waals surface area contributed by atoms with Crippen molar-refractivity contribution in [3.05, 3.63) is 30.5 Å². The van der Waals surface area contributed by atoms with Crippen molar-refractivity contribution in [2.75, 3.05) is 23.3 Å². The highest BCUT2D eigenvalue weighted by atomic mass is 16.5. The average molecular weight is 313 g/mol. The minimum Gasteiger partial charge on any atom is -0.491 e. The Labute approximate surface area is 136 Å². The molecule has 0 radical (unpaired) electrons. The molecule has 1 aromatic heterocycles. The maximum absolute atomic E-state index is 5.65. The fourth-order valence-electron chi connectivity index (χ4n) is 2.62. The van der Waals surface area contributed by atoms with Gasteiger partial charge in [-0.15, -0.1) is 5.10 Å². The monoisotopic (exact) mass is 313 g/mol. The van der Waals surface area contributed by atoms with Crippen LogP contribution in [0.15, 0.2) is 30.5 Å². The van der Waals surface area contributed by atoms with Crippen LogP contribution in [0.25, 0.3) is 0 Å². The number of aromatic nitrogens is 3. The highest BCUT2D eigenvalue weighted by Crippen LogP contribution is 2.21. The van der Waals surface area contributed by atoms with Crippen molar-refractivity contribution >= 4 is 17.5 Å². The van der Waals surface area contributed by atoms with Crippen molar-refractivity contribution in [3.8, 4) is 5.75 Å². The number of nitrogens with zero attached hydrogens (tertiary/aromatic N) is 4. The molecule has 6 heteroatoms. The van der Waals surface area contributed by atoms with Crippen LogP contribution in [0.4, 0.5) is 17.5 Å². The first-order chi connectivity index (χ1) is 11.2. The molecule has 1 saturated heterocycles.